The van der Waals surface area contributed by atoms with Gasteiger partial charge in [0.25, 0.3) is 5.56 Å². The van der Waals surface area contributed by atoms with Crippen LogP contribution >= 0.6 is 0 Å². The highest BCUT2D eigenvalue weighted by molar-refractivity contribution is 5.06. The van der Waals surface area contributed by atoms with Crippen molar-refractivity contribution in [3.63, 3.8) is 0 Å². The number of hydrogen-bond acceptors (Lipinski definition) is 2. The molecule has 2 heteroatoms. The third kappa shape index (κ3) is 2.34. The fourth-order valence-electron chi connectivity index (χ4n) is 0.782. The van der Waals surface area contributed by atoms with Crippen LogP contribution < -0.4 is 5.56 Å². The van der Waals surface area contributed by atoms with Crippen LogP contribution in [0.1, 0.15) is 5.69 Å². The van der Waals surface area contributed by atoms with Gasteiger partial charge in [-0.15, -0.1) is 6.58 Å². The molecule has 0 bridgehead atoms. The molecular formula is C9H9NO. The van der Waals surface area contributed by atoms with Crippen molar-refractivity contribution in [2.24, 2.45) is 0 Å². The van der Waals surface area contributed by atoms with E-state index in [9.17, 15) is 4.79 Å². The Bertz CT molecular complexity index is 306. The molecule has 1 aromatic heterocycles. The van der Waals surface area contributed by atoms with Gasteiger partial charge >= 0.3 is 0 Å². The predicted molar refractivity (Wildman–Crippen MR) is 44.4 cm³/mol. The van der Waals surface area contributed by atoms with Crippen molar-refractivity contribution in [2.75, 3.05) is 0 Å². The Morgan fingerprint density at radius 3 is 2.91 bits per heavy atom. The number of nitrogens with zero attached hydrogens (tertiary/aromatic N) is 1. The van der Waals surface area contributed by atoms with Gasteiger partial charge in [-0.3, -0.25) is 4.79 Å². The Morgan fingerprint density at radius 2 is 2.18 bits per heavy atom. The minimum atomic E-state index is -0.202. The van der Waals surface area contributed by atoms with Gasteiger partial charge in [-0.2, -0.15) is 0 Å². The van der Waals surface area contributed by atoms with Gasteiger partial charge in [0.05, 0.1) is 0 Å². The molecule has 0 amide bonds. The van der Waals surface area contributed by atoms with E-state index in [2.05, 4.69) is 11.6 Å². The quantitative estimate of drug-likeness (QED) is 0.588. The van der Waals surface area contributed by atoms with E-state index in [1.807, 2.05) is 6.07 Å². The zero-order chi connectivity index (χ0) is 8.10. The Balaban J connectivity index is 3.10. The maximum absolute atomic E-state index is 10.8. The molecule has 2 nitrogen and oxygen atoms in total. The minimum absolute atomic E-state index is 0.202. The maximum atomic E-state index is 10.8. The van der Waals surface area contributed by atoms with Crippen molar-refractivity contribution in [1.29, 1.82) is 0 Å². The lowest BCUT2D eigenvalue weighted by atomic mass is 10.3. The second kappa shape index (κ2) is 3.66. The lowest BCUT2D eigenvalue weighted by Crippen LogP contribution is -2.01. The maximum Gasteiger partial charge on any atom is 0.269 e. The van der Waals surface area contributed by atoms with Crippen molar-refractivity contribution in [3.05, 3.63) is 53.0 Å². The largest absolute Gasteiger partial charge is 0.269 e. The Kier molecular flexibility index (Phi) is 2.55. The summed E-state index contributed by atoms with van der Waals surface area (Å²) in [4.78, 5) is 14.6. The number of allylic oxidation sites excluding steroid dienone is 1. The third-order valence-electron chi connectivity index (χ3n) is 1.25. The molecule has 11 heavy (non-hydrogen) atoms. The first-order chi connectivity index (χ1) is 5.33. The summed E-state index contributed by atoms with van der Waals surface area (Å²) in [7, 11) is 0. The fourth-order valence-corrected chi connectivity index (χ4v) is 0.782. The highest BCUT2D eigenvalue weighted by Crippen LogP contribution is 1.90. The van der Waals surface area contributed by atoms with Crippen LogP contribution in [-0.2, 0) is 6.42 Å². The van der Waals surface area contributed by atoms with Crippen molar-refractivity contribution in [1.82, 2.24) is 4.98 Å². The summed E-state index contributed by atoms with van der Waals surface area (Å²) in [5.41, 5.74) is 0.557. The zero-order valence-corrected chi connectivity index (χ0v) is 6.16. The molecule has 0 aromatic carbocycles. The van der Waals surface area contributed by atoms with E-state index in [0.29, 0.717) is 6.42 Å². The van der Waals surface area contributed by atoms with Crippen molar-refractivity contribution in [3.8, 4) is 0 Å². The summed E-state index contributed by atoms with van der Waals surface area (Å²) in [6, 6.07) is 6.73. The second-order valence-corrected chi connectivity index (χ2v) is 2.15. The van der Waals surface area contributed by atoms with Crippen molar-refractivity contribution in [2.45, 2.75) is 6.42 Å². The lowest BCUT2D eigenvalue weighted by Gasteiger charge is -1.84. The average Bonchev–Trinajstić information content (AvgIpc) is 2.15. The van der Waals surface area contributed by atoms with Gasteiger partial charge in [0.15, 0.2) is 0 Å². The molecule has 1 aromatic rings. The minimum Gasteiger partial charge on any atom is -0.267 e. The first-order valence-electron chi connectivity index (χ1n) is 3.40. The number of aromatic nitrogens is 1. The van der Waals surface area contributed by atoms with E-state index < -0.39 is 0 Å². The van der Waals surface area contributed by atoms with E-state index >= 15 is 0 Å². The molecule has 56 valence electrons. The van der Waals surface area contributed by atoms with E-state index in [4.69, 9.17) is 0 Å². The molecule has 0 N–H and O–H groups in total. The summed E-state index contributed by atoms with van der Waals surface area (Å²) in [6.45, 7) is 3.56. The zero-order valence-electron chi connectivity index (χ0n) is 6.16. The van der Waals surface area contributed by atoms with Crippen LogP contribution in [0.5, 0.6) is 0 Å². The predicted octanol–water partition coefficient (Wildman–Crippen LogP) is 1.17. The highest BCUT2D eigenvalue weighted by atomic mass is 16.1. The molecule has 1 heterocycles. The molecule has 0 saturated carbocycles. The molecular weight excluding hydrogens is 138 g/mol. The second-order valence-electron chi connectivity index (χ2n) is 2.15. The smallest absolute Gasteiger partial charge is 0.267 e. The van der Waals surface area contributed by atoms with Crippen LogP contribution in [0.4, 0.5) is 0 Å². The van der Waals surface area contributed by atoms with E-state index in [1.165, 1.54) is 6.07 Å². The molecule has 0 spiro atoms. The molecule has 0 atom stereocenters. The first kappa shape index (κ1) is 7.66. The van der Waals surface area contributed by atoms with Gasteiger partial charge < -0.3 is 0 Å². The standard InChI is InChI=1S/C9H9NO/c1-2-5-8-6-3-4-7-9(11)10-8/h2-4,6-7H,1,5H2. The molecule has 0 radical (unpaired) electrons. The van der Waals surface area contributed by atoms with Gasteiger partial charge in [0, 0.05) is 18.2 Å². The van der Waals surface area contributed by atoms with E-state index in [-0.39, 0.29) is 5.56 Å². The Labute approximate surface area is 65.2 Å². The monoisotopic (exact) mass is 147 g/mol. The number of hydrogen-bond donors (Lipinski definition) is 0. The highest BCUT2D eigenvalue weighted by Gasteiger charge is 1.87. The molecule has 0 aliphatic rings. The van der Waals surface area contributed by atoms with Crippen LogP contribution in [0, 0.1) is 0 Å². The van der Waals surface area contributed by atoms with Gasteiger partial charge in [0.2, 0.25) is 0 Å². The average molecular weight is 147 g/mol. The van der Waals surface area contributed by atoms with Crippen LogP contribution in [0.3, 0.4) is 0 Å². The van der Waals surface area contributed by atoms with Gasteiger partial charge in [0.1, 0.15) is 0 Å². The normalized spacial score (nSPS) is 9.09. The Hall–Kier alpha value is -1.44. The Morgan fingerprint density at radius 1 is 1.45 bits per heavy atom. The summed E-state index contributed by atoms with van der Waals surface area (Å²) in [6.07, 6.45) is 2.37. The van der Waals surface area contributed by atoms with Crippen LogP contribution in [0.15, 0.2) is 41.7 Å². The summed E-state index contributed by atoms with van der Waals surface area (Å²) >= 11 is 0. The lowest BCUT2D eigenvalue weighted by molar-refractivity contribution is 1.10. The van der Waals surface area contributed by atoms with Crippen molar-refractivity contribution < 1.29 is 0 Å². The van der Waals surface area contributed by atoms with Crippen LogP contribution in [0.2, 0.25) is 0 Å². The van der Waals surface area contributed by atoms with Crippen molar-refractivity contribution >= 4 is 0 Å². The molecule has 0 fully saturated rings. The number of rotatable bonds is 2. The van der Waals surface area contributed by atoms with Gasteiger partial charge in [-0.1, -0.05) is 18.2 Å². The molecule has 0 saturated heterocycles. The van der Waals surface area contributed by atoms with E-state index in [0.717, 1.165) is 5.69 Å². The third-order valence-corrected chi connectivity index (χ3v) is 1.25. The summed E-state index contributed by atoms with van der Waals surface area (Å²) in [5.74, 6) is 0. The SMILES string of the molecule is C=CCc1ccccc(=O)n1. The van der Waals surface area contributed by atoms with Gasteiger partial charge in [-0.05, 0) is 6.07 Å². The summed E-state index contributed by atoms with van der Waals surface area (Å²) in [5, 5.41) is 0. The van der Waals surface area contributed by atoms with Crippen LogP contribution in [0.25, 0.3) is 0 Å². The van der Waals surface area contributed by atoms with Crippen LogP contribution in [-0.4, -0.2) is 4.98 Å². The molecule has 0 aliphatic carbocycles. The first-order valence-corrected chi connectivity index (χ1v) is 3.40. The molecule has 1 rings (SSSR count). The van der Waals surface area contributed by atoms with Gasteiger partial charge in [-0.25, -0.2) is 4.98 Å². The van der Waals surface area contributed by atoms with E-state index in [1.54, 1.807) is 18.2 Å². The topological polar surface area (TPSA) is 30.0 Å². The summed E-state index contributed by atoms with van der Waals surface area (Å²) < 4.78 is 0. The fraction of sp³-hybridized carbons (Fsp3) is 0.111. The molecule has 0 aliphatic heterocycles. The molecule has 0 unspecified atom stereocenters.